The Bertz CT molecular complexity index is 675. The number of pyridine rings is 1. The number of hydrogen-bond acceptors (Lipinski definition) is 6. The summed E-state index contributed by atoms with van der Waals surface area (Å²) in [5, 5.41) is 3.34. The summed E-state index contributed by atoms with van der Waals surface area (Å²) in [4.78, 5) is 6.12. The minimum absolute atomic E-state index is 0.470. The Morgan fingerprint density at radius 1 is 1.04 bits per heavy atom. The zero-order valence-electron chi connectivity index (χ0n) is 12.0. The van der Waals surface area contributed by atoms with Crippen LogP contribution in [0.2, 0.25) is 15.1 Å². The van der Waals surface area contributed by atoms with Crippen LogP contribution in [0.1, 0.15) is 5.69 Å². The molecule has 1 aromatic carbocycles. The van der Waals surface area contributed by atoms with Gasteiger partial charge < -0.3 is 5.73 Å². The molecule has 1 saturated heterocycles. The fourth-order valence-electron chi connectivity index (χ4n) is 2.39. The molecule has 0 radical (unpaired) electrons. The molecule has 2 heterocycles. The molecule has 2 atom stereocenters. The maximum atomic E-state index is 6.29. The van der Waals surface area contributed by atoms with Crippen LogP contribution in [0.4, 0.5) is 5.69 Å². The van der Waals surface area contributed by atoms with E-state index >= 15 is 0 Å². The Hall–Kier alpha value is -1.12. The van der Waals surface area contributed by atoms with Gasteiger partial charge in [0.15, 0.2) is 6.29 Å². The highest BCUT2D eigenvalue weighted by atomic mass is 35.5. The van der Waals surface area contributed by atoms with Crippen LogP contribution in [0.25, 0.3) is 0 Å². The molecule has 0 aliphatic carbocycles. The Morgan fingerprint density at radius 3 is 2.35 bits per heavy atom. The van der Waals surface area contributed by atoms with Crippen molar-refractivity contribution in [3.63, 3.8) is 0 Å². The lowest BCUT2D eigenvalue weighted by Crippen LogP contribution is -2.48. The monoisotopic (exact) mass is 372 g/mol. The molecule has 0 amide bonds. The maximum absolute atomic E-state index is 6.29. The first-order chi connectivity index (χ1) is 10.9. The van der Waals surface area contributed by atoms with Gasteiger partial charge in [0.2, 0.25) is 0 Å². The summed E-state index contributed by atoms with van der Waals surface area (Å²) in [5.74, 6) is 0. The van der Waals surface area contributed by atoms with E-state index in [2.05, 4.69) is 10.4 Å². The van der Waals surface area contributed by atoms with Crippen molar-refractivity contribution in [2.75, 3.05) is 5.01 Å². The van der Waals surface area contributed by atoms with Crippen molar-refractivity contribution in [1.29, 1.82) is 0 Å². The van der Waals surface area contributed by atoms with Gasteiger partial charge in [-0.05, 0) is 30.3 Å². The molecule has 0 spiro atoms. The van der Waals surface area contributed by atoms with Gasteiger partial charge >= 0.3 is 0 Å². The first-order valence-corrected chi connectivity index (χ1v) is 7.96. The number of anilines is 1. The molecule has 2 unspecified atom stereocenters. The van der Waals surface area contributed by atoms with Crippen LogP contribution in [-0.4, -0.2) is 22.5 Å². The molecule has 1 fully saturated rings. The molecule has 0 saturated carbocycles. The van der Waals surface area contributed by atoms with Gasteiger partial charge in [0.1, 0.15) is 6.29 Å². The molecule has 1 aliphatic rings. The first kappa shape index (κ1) is 16.7. The average molecular weight is 374 g/mol. The second-order valence-corrected chi connectivity index (χ2v) is 6.43. The van der Waals surface area contributed by atoms with Gasteiger partial charge in [-0.1, -0.05) is 34.8 Å². The SMILES string of the molecule is NC1NN(c2cc(Cl)cc(Cl)c2)C(N)N1Cc1ccc(Cl)cn1. The van der Waals surface area contributed by atoms with Crippen LogP contribution in [0, 0.1) is 0 Å². The van der Waals surface area contributed by atoms with E-state index < -0.39 is 12.6 Å². The summed E-state index contributed by atoms with van der Waals surface area (Å²) >= 11 is 17.9. The molecule has 9 heteroatoms. The number of hydrogen-bond donors (Lipinski definition) is 3. The van der Waals surface area contributed by atoms with E-state index in [1.807, 2.05) is 11.0 Å². The molecule has 122 valence electrons. The van der Waals surface area contributed by atoms with Gasteiger partial charge in [0.25, 0.3) is 0 Å². The number of benzene rings is 1. The number of halogens is 3. The van der Waals surface area contributed by atoms with E-state index in [4.69, 9.17) is 46.3 Å². The number of nitrogens with two attached hydrogens (primary N) is 2. The summed E-state index contributed by atoms with van der Waals surface area (Å²) in [6, 6.07) is 8.79. The molecular formula is C14H15Cl3N6. The highest BCUT2D eigenvalue weighted by Crippen LogP contribution is 2.28. The fourth-order valence-corrected chi connectivity index (χ4v) is 3.02. The lowest BCUT2D eigenvalue weighted by Gasteiger charge is -2.26. The van der Waals surface area contributed by atoms with Crippen molar-refractivity contribution >= 4 is 40.5 Å². The predicted octanol–water partition coefficient (Wildman–Crippen LogP) is 2.35. The second kappa shape index (κ2) is 6.78. The zero-order chi connectivity index (χ0) is 16.6. The van der Waals surface area contributed by atoms with E-state index in [0.717, 1.165) is 11.4 Å². The molecule has 0 bridgehead atoms. The largest absolute Gasteiger partial charge is 0.302 e. The molecule has 6 nitrogen and oxygen atoms in total. The second-order valence-electron chi connectivity index (χ2n) is 5.13. The Balaban J connectivity index is 1.80. The van der Waals surface area contributed by atoms with Gasteiger partial charge in [-0.15, -0.1) is 0 Å². The molecule has 5 N–H and O–H groups in total. The van der Waals surface area contributed by atoms with Gasteiger partial charge in [-0.3, -0.25) is 15.7 Å². The average Bonchev–Trinajstić information content (AvgIpc) is 2.76. The topological polar surface area (TPSA) is 83.4 Å². The van der Waals surface area contributed by atoms with E-state index in [1.54, 1.807) is 35.5 Å². The van der Waals surface area contributed by atoms with Crippen molar-refractivity contribution < 1.29 is 0 Å². The van der Waals surface area contributed by atoms with Crippen LogP contribution >= 0.6 is 34.8 Å². The van der Waals surface area contributed by atoms with Crippen molar-refractivity contribution in [3.05, 3.63) is 57.3 Å². The molecule has 1 aromatic heterocycles. The Kier molecular flexibility index (Phi) is 4.93. The number of rotatable bonds is 3. The smallest absolute Gasteiger partial charge is 0.152 e. The maximum Gasteiger partial charge on any atom is 0.152 e. The lowest BCUT2D eigenvalue weighted by atomic mass is 10.3. The molecule has 1 aliphatic heterocycles. The van der Waals surface area contributed by atoms with Gasteiger partial charge in [-0.25, -0.2) is 10.3 Å². The number of nitrogens with zero attached hydrogens (tertiary/aromatic N) is 3. The molecule has 3 rings (SSSR count). The van der Waals surface area contributed by atoms with Crippen molar-refractivity contribution in [2.24, 2.45) is 11.5 Å². The first-order valence-electron chi connectivity index (χ1n) is 6.83. The van der Waals surface area contributed by atoms with Crippen LogP contribution in [-0.2, 0) is 6.54 Å². The van der Waals surface area contributed by atoms with Gasteiger partial charge in [0, 0.05) is 22.8 Å². The van der Waals surface area contributed by atoms with Crippen molar-refractivity contribution in [1.82, 2.24) is 15.3 Å². The molecular weight excluding hydrogens is 359 g/mol. The van der Waals surface area contributed by atoms with Crippen molar-refractivity contribution in [3.8, 4) is 0 Å². The standard InChI is InChI=1S/C14H15Cl3N6/c15-8-1-2-11(20-6-8)7-22-13(18)21-23(14(22)19)12-4-9(16)3-10(17)5-12/h1-6,13-14,21H,7,18-19H2. The summed E-state index contributed by atoms with van der Waals surface area (Å²) in [5.41, 5.74) is 17.1. The summed E-state index contributed by atoms with van der Waals surface area (Å²) in [6.45, 7) is 0.470. The highest BCUT2D eigenvalue weighted by Gasteiger charge is 2.35. The summed E-state index contributed by atoms with van der Waals surface area (Å²) < 4.78 is 0. The predicted molar refractivity (Wildman–Crippen MR) is 92.8 cm³/mol. The lowest BCUT2D eigenvalue weighted by molar-refractivity contribution is 0.182. The number of nitrogens with one attached hydrogen (secondary N) is 1. The van der Waals surface area contributed by atoms with E-state index in [-0.39, 0.29) is 0 Å². The Labute approximate surface area is 148 Å². The van der Waals surface area contributed by atoms with Gasteiger partial charge in [-0.2, -0.15) is 0 Å². The third-order valence-electron chi connectivity index (χ3n) is 3.49. The van der Waals surface area contributed by atoms with Crippen LogP contribution in [0.15, 0.2) is 36.5 Å². The highest BCUT2D eigenvalue weighted by molar-refractivity contribution is 6.35. The zero-order valence-corrected chi connectivity index (χ0v) is 14.2. The third-order valence-corrected chi connectivity index (χ3v) is 4.15. The van der Waals surface area contributed by atoms with Crippen LogP contribution in [0.5, 0.6) is 0 Å². The molecule has 23 heavy (non-hydrogen) atoms. The summed E-state index contributed by atoms with van der Waals surface area (Å²) in [7, 11) is 0. The number of hydrazine groups is 1. The molecule has 2 aromatic rings. The quantitative estimate of drug-likeness (QED) is 0.766. The van der Waals surface area contributed by atoms with Crippen LogP contribution in [0.3, 0.4) is 0 Å². The van der Waals surface area contributed by atoms with E-state index in [1.165, 1.54) is 0 Å². The van der Waals surface area contributed by atoms with Gasteiger partial charge in [0.05, 0.1) is 16.4 Å². The minimum atomic E-state index is -0.503. The fraction of sp³-hybridized carbons (Fsp3) is 0.214. The van der Waals surface area contributed by atoms with E-state index in [9.17, 15) is 0 Å². The normalized spacial score (nSPS) is 21.9. The summed E-state index contributed by atoms with van der Waals surface area (Å²) in [6.07, 6.45) is 0.614. The minimum Gasteiger partial charge on any atom is -0.302 e. The van der Waals surface area contributed by atoms with Crippen LogP contribution < -0.4 is 21.9 Å². The van der Waals surface area contributed by atoms with Crippen molar-refractivity contribution in [2.45, 2.75) is 19.1 Å². The Morgan fingerprint density at radius 2 is 1.74 bits per heavy atom. The van der Waals surface area contributed by atoms with E-state index in [0.29, 0.717) is 21.6 Å². The number of aromatic nitrogens is 1. The third kappa shape index (κ3) is 3.70.